The van der Waals surface area contributed by atoms with E-state index in [-0.39, 0.29) is 6.10 Å². The molecule has 0 radical (unpaired) electrons. The van der Waals surface area contributed by atoms with Crippen LogP contribution in [-0.2, 0) is 11.3 Å². The minimum atomic E-state index is -0.00168. The maximum Gasteiger partial charge on any atom is 0.187 e. The Bertz CT molecular complexity index is 555. The van der Waals surface area contributed by atoms with Crippen molar-refractivity contribution in [2.45, 2.75) is 19.6 Å². The normalized spacial score (nSPS) is 12.4. The molecule has 102 valence electrons. The molecule has 19 heavy (non-hydrogen) atoms. The fourth-order valence-electron chi connectivity index (χ4n) is 1.78. The second-order valence-electron chi connectivity index (χ2n) is 4.16. The van der Waals surface area contributed by atoms with E-state index in [4.69, 9.17) is 15.2 Å². The number of nitrogens with zero attached hydrogens (tertiary/aromatic N) is 4. The van der Waals surface area contributed by atoms with Crippen LogP contribution in [0.2, 0.25) is 0 Å². The van der Waals surface area contributed by atoms with E-state index in [1.807, 2.05) is 19.1 Å². The average Bonchev–Trinajstić information content (AvgIpc) is 2.85. The maximum absolute atomic E-state index is 6.00. The van der Waals surface area contributed by atoms with Gasteiger partial charge in [0.25, 0.3) is 0 Å². The SMILES string of the molecule is COc1cccc(N)c1-c1nnnn1CC(C)OC. The minimum absolute atomic E-state index is 0.00168. The Hall–Kier alpha value is -2.15. The molecule has 0 aliphatic rings. The van der Waals surface area contributed by atoms with Crippen LogP contribution in [0.25, 0.3) is 11.4 Å². The zero-order valence-corrected chi connectivity index (χ0v) is 11.2. The van der Waals surface area contributed by atoms with Crippen LogP contribution in [0.5, 0.6) is 5.75 Å². The van der Waals surface area contributed by atoms with E-state index >= 15 is 0 Å². The summed E-state index contributed by atoms with van der Waals surface area (Å²) in [7, 11) is 3.23. The van der Waals surface area contributed by atoms with Crippen molar-refractivity contribution in [1.82, 2.24) is 20.2 Å². The van der Waals surface area contributed by atoms with Crippen LogP contribution in [0, 0.1) is 0 Å². The summed E-state index contributed by atoms with van der Waals surface area (Å²) in [6, 6.07) is 5.44. The van der Waals surface area contributed by atoms with Crippen molar-refractivity contribution in [2.24, 2.45) is 0 Å². The molecular weight excluding hydrogens is 246 g/mol. The predicted molar refractivity (Wildman–Crippen MR) is 70.7 cm³/mol. The maximum atomic E-state index is 6.00. The lowest BCUT2D eigenvalue weighted by Crippen LogP contribution is -2.17. The van der Waals surface area contributed by atoms with Crippen molar-refractivity contribution in [3.05, 3.63) is 18.2 Å². The number of rotatable bonds is 5. The lowest BCUT2D eigenvalue weighted by atomic mass is 10.1. The number of tetrazole rings is 1. The third kappa shape index (κ3) is 2.65. The molecule has 2 aromatic rings. The highest BCUT2D eigenvalue weighted by molar-refractivity contribution is 5.77. The van der Waals surface area contributed by atoms with Crippen molar-refractivity contribution in [3.63, 3.8) is 0 Å². The number of aromatic nitrogens is 4. The summed E-state index contributed by atoms with van der Waals surface area (Å²) in [5.74, 6) is 1.21. The molecular formula is C12H17N5O2. The fraction of sp³-hybridized carbons (Fsp3) is 0.417. The lowest BCUT2D eigenvalue weighted by Gasteiger charge is -2.13. The van der Waals surface area contributed by atoms with Gasteiger partial charge in [0, 0.05) is 12.8 Å². The highest BCUT2D eigenvalue weighted by Crippen LogP contribution is 2.33. The van der Waals surface area contributed by atoms with E-state index in [2.05, 4.69) is 15.5 Å². The molecule has 7 heteroatoms. The quantitative estimate of drug-likeness (QED) is 0.808. The van der Waals surface area contributed by atoms with Gasteiger partial charge in [0.15, 0.2) is 5.82 Å². The molecule has 7 nitrogen and oxygen atoms in total. The van der Waals surface area contributed by atoms with Crippen molar-refractivity contribution >= 4 is 5.69 Å². The summed E-state index contributed by atoms with van der Waals surface area (Å²) in [5.41, 5.74) is 7.26. The van der Waals surface area contributed by atoms with Crippen LogP contribution in [0.1, 0.15) is 6.92 Å². The Morgan fingerprint density at radius 3 is 2.84 bits per heavy atom. The molecule has 0 aliphatic carbocycles. The zero-order chi connectivity index (χ0) is 13.8. The number of methoxy groups -OCH3 is 2. The van der Waals surface area contributed by atoms with Crippen molar-refractivity contribution in [3.8, 4) is 17.1 Å². The smallest absolute Gasteiger partial charge is 0.187 e. The van der Waals surface area contributed by atoms with Gasteiger partial charge in [-0.2, -0.15) is 0 Å². The predicted octanol–water partition coefficient (Wildman–Crippen LogP) is 0.966. The summed E-state index contributed by atoms with van der Waals surface area (Å²) >= 11 is 0. The van der Waals surface area contributed by atoms with Crippen LogP contribution in [0.15, 0.2) is 18.2 Å². The van der Waals surface area contributed by atoms with E-state index in [1.54, 1.807) is 25.0 Å². The topological polar surface area (TPSA) is 88.1 Å². The standard InChI is InChI=1S/C12H17N5O2/c1-8(18-2)7-17-12(14-15-16-17)11-9(13)5-4-6-10(11)19-3/h4-6,8H,7,13H2,1-3H3. The molecule has 1 unspecified atom stereocenters. The first-order chi connectivity index (χ1) is 9.17. The summed E-state index contributed by atoms with van der Waals surface area (Å²) in [5, 5.41) is 11.7. The second-order valence-corrected chi connectivity index (χ2v) is 4.16. The fourth-order valence-corrected chi connectivity index (χ4v) is 1.78. The molecule has 2 N–H and O–H groups in total. The van der Waals surface area contributed by atoms with E-state index in [1.165, 1.54) is 0 Å². The number of ether oxygens (including phenoxy) is 2. The largest absolute Gasteiger partial charge is 0.496 e. The van der Waals surface area contributed by atoms with E-state index in [0.29, 0.717) is 29.4 Å². The highest BCUT2D eigenvalue weighted by atomic mass is 16.5. The summed E-state index contributed by atoms with van der Waals surface area (Å²) < 4.78 is 12.2. The van der Waals surface area contributed by atoms with E-state index < -0.39 is 0 Å². The molecule has 0 amide bonds. The minimum Gasteiger partial charge on any atom is -0.496 e. The van der Waals surface area contributed by atoms with Gasteiger partial charge in [-0.15, -0.1) is 5.10 Å². The number of hydrogen-bond acceptors (Lipinski definition) is 6. The summed E-state index contributed by atoms with van der Waals surface area (Å²) in [6.07, 6.45) is -0.00168. The van der Waals surface area contributed by atoms with Gasteiger partial charge in [0.1, 0.15) is 5.75 Å². The number of nitrogen functional groups attached to an aromatic ring is 1. The lowest BCUT2D eigenvalue weighted by molar-refractivity contribution is 0.0997. The van der Waals surface area contributed by atoms with E-state index in [0.717, 1.165) is 0 Å². The van der Waals surface area contributed by atoms with Gasteiger partial charge in [-0.25, -0.2) is 4.68 Å². The first kappa shape index (κ1) is 13.3. The van der Waals surface area contributed by atoms with Gasteiger partial charge in [-0.3, -0.25) is 0 Å². The van der Waals surface area contributed by atoms with Gasteiger partial charge in [0.05, 0.1) is 25.3 Å². The van der Waals surface area contributed by atoms with Crippen molar-refractivity contribution in [2.75, 3.05) is 20.0 Å². The summed E-state index contributed by atoms with van der Waals surface area (Å²) in [4.78, 5) is 0. The number of nitrogens with two attached hydrogens (primary N) is 1. The molecule has 0 aliphatic heterocycles. The molecule has 0 fully saturated rings. The zero-order valence-electron chi connectivity index (χ0n) is 11.2. The Morgan fingerprint density at radius 1 is 1.37 bits per heavy atom. The molecule has 2 rings (SSSR count). The molecule has 0 spiro atoms. The van der Waals surface area contributed by atoms with Crippen LogP contribution >= 0.6 is 0 Å². The first-order valence-electron chi connectivity index (χ1n) is 5.89. The van der Waals surface area contributed by atoms with Gasteiger partial charge >= 0.3 is 0 Å². The Kier molecular flexibility index (Phi) is 3.96. The number of anilines is 1. The third-order valence-corrected chi connectivity index (χ3v) is 2.87. The highest BCUT2D eigenvalue weighted by Gasteiger charge is 2.18. The van der Waals surface area contributed by atoms with Crippen LogP contribution in [0.3, 0.4) is 0 Å². The number of benzene rings is 1. The van der Waals surface area contributed by atoms with Crippen LogP contribution in [0.4, 0.5) is 5.69 Å². The van der Waals surface area contributed by atoms with Gasteiger partial charge < -0.3 is 15.2 Å². The van der Waals surface area contributed by atoms with Crippen molar-refractivity contribution in [1.29, 1.82) is 0 Å². The van der Waals surface area contributed by atoms with Gasteiger partial charge in [-0.05, 0) is 29.5 Å². The Labute approximate surface area is 111 Å². The molecule has 1 aromatic carbocycles. The third-order valence-electron chi connectivity index (χ3n) is 2.87. The Morgan fingerprint density at radius 2 is 2.16 bits per heavy atom. The van der Waals surface area contributed by atoms with Crippen molar-refractivity contribution < 1.29 is 9.47 Å². The molecule has 1 aromatic heterocycles. The average molecular weight is 263 g/mol. The van der Waals surface area contributed by atoms with Crippen LogP contribution in [-0.4, -0.2) is 40.5 Å². The van der Waals surface area contributed by atoms with E-state index in [9.17, 15) is 0 Å². The molecule has 0 saturated carbocycles. The Balaban J connectivity index is 2.45. The van der Waals surface area contributed by atoms with Gasteiger partial charge in [-0.1, -0.05) is 6.07 Å². The molecule has 0 saturated heterocycles. The monoisotopic (exact) mass is 263 g/mol. The summed E-state index contributed by atoms with van der Waals surface area (Å²) in [6.45, 7) is 2.48. The van der Waals surface area contributed by atoms with Gasteiger partial charge in [0.2, 0.25) is 0 Å². The first-order valence-corrected chi connectivity index (χ1v) is 5.89. The van der Waals surface area contributed by atoms with Crippen LogP contribution < -0.4 is 10.5 Å². The molecule has 0 bridgehead atoms. The molecule has 1 atom stereocenters. The molecule has 1 heterocycles. The number of hydrogen-bond donors (Lipinski definition) is 1. The second kappa shape index (κ2) is 5.66.